The fourth-order valence-corrected chi connectivity index (χ4v) is 5.19. The number of fused-ring (bicyclic) bond motifs is 1. The molecule has 0 unspecified atom stereocenters. The zero-order valence-corrected chi connectivity index (χ0v) is 17.4. The number of carbonyl (C=O) groups is 1. The van der Waals surface area contributed by atoms with Gasteiger partial charge in [0.15, 0.2) is 9.84 Å². The molecule has 0 spiro atoms. The van der Waals surface area contributed by atoms with Gasteiger partial charge < -0.3 is 0 Å². The van der Waals surface area contributed by atoms with Gasteiger partial charge in [0.1, 0.15) is 5.78 Å². The molecule has 25 heavy (non-hydrogen) atoms. The molecule has 0 saturated heterocycles. The first-order valence-electron chi connectivity index (χ1n) is 9.54. The first kappa shape index (κ1) is 20.4. The summed E-state index contributed by atoms with van der Waals surface area (Å²) < 4.78 is 23.9. The van der Waals surface area contributed by atoms with E-state index in [4.69, 9.17) is 0 Å². The first-order valence-corrected chi connectivity index (χ1v) is 11.1. The Morgan fingerprint density at radius 2 is 1.96 bits per heavy atom. The Labute approximate surface area is 153 Å². The van der Waals surface area contributed by atoms with Crippen LogP contribution in [-0.4, -0.2) is 18.9 Å². The van der Waals surface area contributed by atoms with Crippen LogP contribution in [0.1, 0.15) is 73.6 Å². The maximum absolute atomic E-state index is 12.3. The second-order valence-electron chi connectivity index (χ2n) is 9.30. The average Bonchev–Trinajstić information content (AvgIpc) is 2.80. The van der Waals surface area contributed by atoms with Gasteiger partial charge in [0, 0.05) is 17.7 Å². The fraction of sp³-hybridized carbons (Fsp3) is 0.762. The smallest absolute Gasteiger partial charge is 0.176 e. The Morgan fingerprint density at radius 1 is 1.32 bits per heavy atom. The Morgan fingerprint density at radius 3 is 2.52 bits per heavy atom. The van der Waals surface area contributed by atoms with Crippen LogP contribution >= 0.6 is 0 Å². The minimum absolute atomic E-state index is 0.0268. The van der Waals surface area contributed by atoms with Crippen LogP contribution in [0, 0.1) is 23.2 Å². The molecule has 1 saturated carbocycles. The molecule has 0 aromatic carbocycles. The van der Waals surface area contributed by atoms with E-state index in [0.717, 1.165) is 32.1 Å². The van der Waals surface area contributed by atoms with Gasteiger partial charge in [0.05, 0.1) is 4.75 Å². The van der Waals surface area contributed by atoms with Gasteiger partial charge in [-0.1, -0.05) is 38.5 Å². The molecule has 3 nitrogen and oxygen atoms in total. The number of hydrogen-bond donors (Lipinski definition) is 0. The van der Waals surface area contributed by atoms with Gasteiger partial charge in [0.25, 0.3) is 0 Å². The van der Waals surface area contributed by atoms with Gasteiger partial charge in [-0.05, 0) is 63.7 Å². The van der Waals surface area contributed by atoms with Crippen molar-refractivity contribution >= 4 is 15.6 Å². The van der Waals surface area contributed by atoms with Crippen molar-refractivity contribution in [3.63, 3.8) is 0 Å². The van der Waals surface area contributed by atoms with Crippen molar-refractivity contribution < 1.29 is 13.2 Å². The SMILES string of the molecule is CC(C)[C@H](C/C=C/S(=O)(=O)C(C)(C)C)C1=CC[C@H]2C(=O)CCC[C@]12C. The summed E-state index contributed by atoms with van der Waals surface area (Å²) in [6.45, 7) is 11.8. The van der Waals surface area contributed by atoms with E-state index in [1.165, 1.54) is 11.0 Å². The van der Waals surface area contributed by atoms with E-state index in [9.17, 15) is 13.2 Å². The lowest BCUT2D eigenvalue weighted by Gasteiger charge is -2.41. The summed E-state index contributed by atoms with van der Waals surface area (Å²) in [5.41, 5.74) is 1.36. The summed E-state index contributed by atoms with van der Waals surface area (Å²) in [6.07, 6.45) is 8.45. The van der Waals surface area contributed by atoms with Crippen molar-refractivity contribution in [1.29, 1.82) is 0 Å². The van der Waals surface area contributed by atoms with Gasteiger partial charge >= 0.3 is 0 Å². The molecule has 0 bridgehead atoms. The van der Waals surface area contributed by atoms with E-state index >= 15 is 0 Å². The zero-order valence-electron chi connectivity index (χ0n) is 16.6. The van der Waals surface area contributed by atoms with Crippen molar-refractivity contribution in [3.05, 3.63) is 23.1 Å². The maximum Gasteiger partial charge on any atom is 0.176 e. The molecule has 2 aliphatic carbocycles. The maximum atomic E-state index is 12.3. The molecule has 3 atom stereocenters. The van der Waals surface area contributed by atoms with Crippen LogP contribution in [0.25, 0.3) is 0 Å². The van der Waals surface area contributed by atoms with Crippen molar-refractivity contribution in [1.82, 2.24) is 0 Å². The zero-order chi connectivity index (χ0) is 19.0. The molecule has 0 aromatic heterocycles. The highest BCUT2D eigenvalue weighted by Gasteiger charge is 2.48. The Hall–Kier alpha value is -0.900. The molecule has 0 aliphatic heterocycles. The minimum atomic E-state index is -3.24. The number of carbonyl (C=O) groups excluding carboxylic acids is 1. The predicted octanol–water partition coefficient (Wildman–Crippen LogP) is 5.08. The van der Waals surface area contributed by atoms with Crippen LogP contribution in [0.4, 0.5) is 0 Å². The van der Waals surface area contributed by atoms with Crippen LogP contribution in [-0.2, 0) is 14.6 Å². The molecule has 0 aromatic rings. The molecule has 0 radical (unpaired) electrons. The normalized spacial score (nSPS) is 29.2. The highest BCUT2D eigenvalue weighted by molar-refractivity contribution is 7.95. The topological polar surface area (TPSA) is 51.2 Å². The molecule has 0 heterocycles. The predicted molar refractivity (Wildman–Crippen MR) is 104 cm³/mol. The number of rotatable bonds is 5. The molecular formula is C21H34O3S. The summed E-state index contributed by atoms with van der Waals surface area (Å²) in [4.78, 5) is 12.3. The van der Waals surface area contributed by atoms with Crippen molar-refractivity contribution in [3.8, 4) is 0 Å². The summed E-state index contributed by atoms with van der Waals surface area (Å²) in [6, 6.07) is 0. The lowest BCUT2D eigenvalue weighted by Crippen LogP contribution is -2.37. The summed E-state index contributed by atoms with van der Waals surface area (Å²) in [5, 5.41) is 1.39. The minimum Gasteiger partial charge on any atom is -0.299 e. The van der Waals surface area contributed by atoms with E-state index < -0.39 is 14.6 Å². The second kappa shape index (κ2) is 7.02. The van der Waals surface area contributed by atoms with Crippen LogP contribution < -0.4 is 0 Å². The molecule has 1 fully saturated rings. The number of hydrogen-bond acceptors (Lipinski definition) is 3. The van der Waals surface area contributed by atoms with Gasteiger partial charge in [-0.25, -0.2) is 8.42 Å². The summed E-state index contributed by atoms with van der Waals surface area (Å²) in [5.74, 6) is 1.27. The molecule has 2 aliphatic rings. The van der Waals surface area contributed by atoms with E-state index in [-0.39, 0.29) is 11.3 Å². The molecule has 0 amide bonds. The highest BCUT2D eigenvalue weighted by atomic mass is 32.2. The summed E-state index contributed by atoms with van der Waals surface area (Å²) >= 11 is 0. The van der Waals surface area contributed by atoms with Gasteiger partial charge in [-0.2, -0.15) is 0 Å². The number of allylic oxidation sites excluding steroid dienone is 3. The fourth-order valence-electron chi connectivity index (χ4n) is 4.41. The monoisotopic (exact) mass is 366 g/mol. The molecule has 142 valence electrons. The third kappa shape index (κ3) is 3.94. The number of sulfone groups is 1. The molecule has 0 N–H and O–H groups in total. The lowest BCUT2D eigenvalue weighted by atomic mass is 9.62. The van der Waals surface area contributed by atoms with Crippen molar-refractivity contribution in [2.75, 3.05) is 0 Å². The van der Waals surface area contributed by atoms with Crippen LogP contribution in [0.15, 0.2) is 23.1 Å². The summed E-state index contributed by atoms with van der Waals surface area (Å²) in [7, 11) is -3.24. The quantitative estimate of drug-likeness (QED) is 0.637. The standard InChI is InChI=1S/C21H34O3S/c1-15(2)16(9-8-14-25(23,24)20(3,4)5)17-11-12-18-19(22)10-7-13-21(17,18)6/h8,11,14-16,18H,7,9-10,12-13H2,1-6H3/b14-8+/t16-,18-,21+/m0/s1. The Bertz CT molecular complexity index is 676. The lowest BCUT2D eigenvalue weighted by molar-refractivity contribution is -0.128. The van der Waals surface area contributed by atoms with Gasteiger partial charge in [-0.3, -0.25) is 4.79 Å². The number of ketones is 1. The second-order valence-corrected chi connectivity index (χ2v) is 11.9. The molecule has 4 heteroatoms. The van der Waals surface area contributed by atoms with E-state index in [1.807, 2.05) is 6.08 Å². The first-order chi connectivity index (χ1) is 11.4. The van der Waals surface area contributed by atoms with Crippen molar-refractivity contribution in [2.24, 2.45) is 23.2 Å². The van der Waals surface area contributed by atoms with E-state index in [0.29, 0.717) is 17.6 Å². The molecular weight excluding hydrogens is 332 g/mol. The highest BCUT2D eigenvalue weighted by Crippen LogP contribution is 2.55. The van der Waals surface area contributed by atoms with E-state index in [1.54, 1.807) is 20.8 Å². The van der Waals surface area contributed by atoms with Gasteiger partial charge in [0.2, 0.25) is 0 Å². The number of Topliss-reactive ketones (excluding diaryl/α,β-unsaturated/α-hetero) is 1. The Balaban J connectivity index is 2.21. The average molecular weight is 367 g/mol. The van der Waals surface area contributed by atoms with Gasteiger partial charge in [-0.15, -0.1) is 0 Å². The van der Waals surface area contributed by atoms with Crippen LogP contribution in [0.3, 0.4) is 0 Å². The van der Waals surface area contributed by atoms with Crippen molar-refractivity contribution in [2.45, 2.75) is 78.4 Å². The largest absolute Gasteiger partial charge is 0.299 e. The third-order valence-electron chi connectivity index (χ3n) is 6.23. The third-order valence-corrected chi connectivity index (χ3v) is 8.49. The van der Waals surface area contributed by atoms with Crippen LogP contribution in [0.5, 0.6) is 0 Å². The molecule has 2 rings (SSSR count). The Kier molecular flexibility index (Phi) is 5.73. The van der Waals surface area contributed by atoms with E-state index in [2.05, 4.69) is 26.8 Å². The van der Waals surface area contributed by atoms with Crippen LogP contribution in [0.2, 0.25) is 0 Å².